The summed E-state index contributed by atoms with van der Waals surface area (Å²) in [4.78, 5) is 21.3. The molecule has 0 aliphatic carbocycles. The van der Waals surface area contributed by atoms with Gasteiger partial charge in [-0.3, -0.25) is 0 Å². The first kappa shape index (κ1) is 13.3. The molecular formula is C7H10LiNO5. The molecule has 1 rings (SSSR count). The molecule has 1 heterocycles. The fraction of sp³-hybridized carbons (Fsp3) is 0.714. The Morgan fingerprint density at radius 3 is 2.43 bits per heavy atom. The molecule has 0 radical (unpaired) electrons. The van der Waals surface area contributed by atoms with Gasteiger partial charge in [0.1, 0.15) is 0 Å². The van der Waals surface area contributed by atoms with Crippen LogP contribution in [0.5, 0.6) is 0 Å². The largest absolute Gasteiger partial charge is 1.00 e. The van der Waals surface area contributed by atoms with Gasteiger partial charge in [0, 0.05) is 5.92 Å². The number of nitrogens with one attached hydrogen (secondary N) is 1. The summed E-state index contributed by atoms with van der Waals surface area (Å²) in [6.07, 6.45) is -0.777. The third kappa shape index (κ3) is 3.22. The zero-order valence-corrected chi connectivity index (χ0v) is 8.11. The summed E-state index contributed by atoms with van der Waals surface area (Å²) in [7, 11) is 1.17. The predicted molar refractivity (Wildman–Crippen MR) is 38.6 cm³/mol. The van der Waals surface area contributed by atoms with E-state index in [4.69, 9.17) is 4.74 Å². The summed E-state index contributed by atoms with van der Waals surface area (Å²) in [5.41, 5.74) is 0. The molecule has 1 amide bonds. The topological polar surface area (TPSA) is 87.7 Å². The average molecular weight is 195 g/mol. The van der Waals surface area contributed by atoms with E-state index in [-0.39, 0.29) is 24.8 Å². The van der Waals surface area contributed by atoms with Crippen LogP contribution < -0.4 is 29.3 Å². The van der Waals surface area contributed by atoms with E-state index in [0.29, 0.717) is 13.2 Å². The van der Waals surface area contributed by atoms with E-state index in [1.807, 2.05) is 0 Å². The molecule has 1 atom stereocenters. The van der Waals surface area contributed by atoms with Crippen LogP contribution in [0.1, 0.15) is 0 Å². The molecule has 0 saturated carbocycles. The molecule has 14 heavy (non-hydrogen) atoms. The number of carboxylic acids is 1. The van der Waals surface area contributed by atoms with Gasteiger partial charge in [-0.25, -0.2) is 4.79 Å². The van der Waals surface area contributed by atoms with Crippen molar-refractivity contribution in [3.63, 3.8) is 0 Å². The van der Waals surface area contributed by atoms with Gasteiger partial charge in [0.25, 0.3) is 0 Å². The summed E-state index contributed by atoms with van der Waals surface area (Å²) in [6, 6.07) is -1.03. The zero-order chi connectivity index (χ0) is 9.84. The zero-order valence-electron chi connectivity index (χ0n) is 8.11. The quantitative estimate of drug-likeness (QED) is 0.456. The third-order valence-electron chi connectivity index (χ3n) is 1.85. The minimum absolute atomic E-state index is 0. The number of carbonyl (C=O) groups is 2. The van der Waals surface area contributed by atoms with E-state index in [2.05, 4.69) is 10.1 Å². The Morgan fingerprint density at radius 1 is 1.57 bits per heavy atom. The summed E-state index contributed by atoms with van der Waals surface area (Å²) >= 11 is 0. The second kappa shape index (κ2) is 5.91. The smallest absolute Gasteiger partial charge is 0.548 e. The van der Waals surface area contributed by atoms with E-state index in [1.54, 1.807) is 0 Å². The number of ether oxygens (including phenoxy) is 2. The maximum absolute atomic E-state index is 10.7. The Bertz CT molecular complexity index is 218. The SMILES string of the molecule is COC(=O)N[C@H](C(=O)[O-])C1COC1.[Li+]. The third-order valence-corrected chi connectivity index (χ3v) is 1.85. The van der Waals surface area contributed by atoms with Gasteiger partial charge < -0.3 is 24.7 Å². The maximum atomic E-state index is 10.7. The van der Waals surface area contributed by atoms with E-state index in [0.717, 1.165) is 0 Å². The van der Waals surface area contributed by atoms with Crippen LogP contribution in [0.4, 0.5) is 4.79 Å². The second-order valence-electron chi connectivity index (χ2n) is 2.73. The van der Waals surface area contributed by atoms with Gasteiger partial charge in [-0.05, 0) is 0 Å². The van der Waals surface area contributed by atoms with Crippen LogP contribution >= 0.6 is 0 Å². The van der Waals surface area contributed by atoms with Gasteiger partial charge in [-0.15, -0.1) is 0 Å². The van der Waals surface area contributed by atoms with Crippen molar-refractivity contribution in [1.82, 2.24) is 5.32 Å². The monoisotopic (exact) mass is 195 g/mol. The Kier molecular flexibility index (Phi) is 5.61. The van der Waals surface area contributed by atoms with Gasteiger partial charge in [-0.1, -0.05) is 0 Å². The Balaban J connectivity index is 0.00000169. The van der Waals surface area contributed by atoms with Gasteiger partial charge >= 0.3 is 25.0 Å². The molecule has 1 fully saturated rings. The first-order chi connectivity index (χ1) is 6.15. The maximum Gasteiger partial charge on any atom is 1.00 e. The van der Waals surface area contributed by atoms with E-state index < -0.39 is 18.1 Å². The fourth-order valence-electron chi connectivity index (χ4n) is 1.00. The van der Waals surface area contributed by atoms with Crippen molar-refractivity contribution in [1.29, 1.82) is 0 Å². The van der Waals surface area contributed by atoms with Crippen LogP contribution in [0.25, 0.3) is 0 Å². The number of amides is 1. The summed E-state index contributed by atoms with van der Waals surface area (Å²) in [5, 5.41) is 12.7. The van der Waals surface area contributed by atoms with E-state index >= 15 is 0 Å². The molecule has 0 bridgehead atoms. The molecule has 74 valence electrons. The minimum atomic E-state index is -1.32. The summed E-state index contributed by atoms with van der Waals surface area (Å²) in [5.74, 6) is -1.54. The number of alkyl carbamates (subject to hydrolysis) is 1. The molecule has 0 aromatic rings. The Labute approximate surface area is 93.1 Å². The number of hydrogen-bond acceptors (Lipinski definition) is 5. The van der Waals surface area contributed by atoms with Crippen LogP contribution in [-0.4, -0.2) is 38.4 Å². The van der Waals surface area contributed by atoms with E-state index in [9.17, 15) is 14.7 Å². The Hall–Kier alpha value is -0.703. The molecule has 0 unspecified atom stereocenters. The molecule has 0 aromatic carbocycles. The number of rotatable bonds is 3. The van der Waals surface area contributed by atoms with Crippen LogP contribution in [-0.2, 0) is 14.3 Å². The molecular weight excluding hydrogens is 185 g/mol. The Morgan fingerprint density at radius 2 is 2.14 bits per heavy atom. The van der Waals surface area contributed by atoms with Crippen molar-refractivity contribution < 1.29 is 43.0 Å². The normalized spacial score (nSPS) is 17.2. The number of carboxylic acid groups (broad SMARTS) is 1. The molecule has 0 aromatic heterocycles. The van der Waals surface area contributed by atoms with Gasteiger partial charge in [0.2, 0.25) is 0 Å². The first-order valence-corrected chi connectivity index (χ1v) is 3.78. The molecule has 1 saturated heterocycles. The summed E-state index contributed by atoms with van der Waals surface area (Å²) in [6.45, 7) is 0.644. The molecule has 6 nitrogen and oxygen atoms in total. The second-order valence-corrected chi connectivity index (χ2v) is 2.73. The molecule has 1 aliphatic rings. The fourth-order valence-corrected chi connectivity index (χ4v) is 1.00. The van der Waals surface area contributed by atoms with Crippen LogP contribution in [0.2, 0.25) is 0 Å². The number of methoxy groups -OCH3 is 1. The molecule has 7 heteroatoms. The standard InChI is InChI=1S/C7H11NO5.Li/c1-12-7(11)8-5(6(9)10)4-2-13-3-4;/h4-5H,2-3H2,1H3,(H,8,11)(H,9,10);/q;+1/p-1/t5-;/m0./s1. The van der Waals surface area contributed by atoms with Crippen molar-refractivity contribution in [2.75, 3.05) is 20.3 Å². The number of hydrogen-bond donors (Lipinski definition) is 1. The van der Waals surface area contributed by atoms with E-state index in [1.165, 1.54) is 7.11 Å². The van der Waals surface area contributed by atoms with Crippen molar-refractivity contribution >= 4 is 12.1 Å². The first-order valence-electron chi connectivity index (χ1n) is 3.78. The van der Waals surface area contributed by atoms with Crippen molar-refractivity contribution in [3.05, 3.63) is 0 Å². The van der Waals surface area contributed by atoms with Gasteiger partial charge in [0.15, 0.2) is 0 Å². The average Bonchev–Trinajstić information content (AvgIpc) is 1.99. The van der Waals surface area contributed by atoms with Gasteiger partial charge in [0.05, 0.1) is 32.3 Å². The van der Waals surface area contributed by atoms with Crippen LogP contribution in [0.3, 0.4) is 0 Å². The predicted octanol–water partition coefficient (Wildman–Crippen LogP) is -4.89. The number of aliphatic carboxylic acids is 1. The van der Waals surface area contributed by atoms with Crippen molar-refractivity contribution in [2.45, 2.75) is 6.04 Å². The minimum Gasteiger partial charge on any atom is -0.548 e. The number of carbonyl (C=O) groups excluding carboxylic acids is 2. The van der Waals surface area contributed by atoms with Crippen LogP contribution in [0.15, 0.2) is 0 Å². The van der Waals surface area contributed by atoms with Crippen molar-refractivity contribution in [3.8, 4) is 0 Å². The molecule has 1 N–H and O–H groups in total. The van der Waals surface area contributed by atoms with Crippen molar-refractivity contribution in [2.24, 2.45) is 5.92 Å². The summed E-state index contributed by atoms with van der Waals surface area (Å²) < 4.78 is 9.07. The van der Waals surface area contributed by atoms with Gasteiger partial charge in [-0.2, -0.15) is 0 Å². The molecule has 1 aliphatic heterocycles. The molecule has 0 spiro atoms. The van der Waals surface area contributed by atoms with Crippen LogP contribution in [0, 0.1) is 5.92 Å².